The second-order valence-corrected chi connectivity index (χ2v) is 5.96. The third-order valence-corrected chi connectivity index (χ3v) is 4.29. The Labute approximate surface area is 124 Å². The van der Waals surface area contributed by atoms with Gasteiger partial charge in [-0.05, 0) is 55.2 Å². The first-order valence-corrected chi connectivity index (χ1v) is 7.64. The van der Waals surface area contributed by atoms with Crippen molar-refractivity contribution in [2.45, 2.75) is 25.8 Å². The van der Waals surface area contributed by atoms with Crippen LogP contribution in [0.1, 0.15) is 29.1 Å². The number of rotatable bonds is 5. The van der Waals surface area contributed by atoms with Gasteiger partial charge >= 0.3 is 0 Å². The first-order valence-electron chi connectivity index (χ1n) is 6.07. The normalized spacial score (nSPS) is 12.6. The standard InChI is InChI=1S/C13H15BrFN3S/c1-3-11-13(19-18-17-11)12(16-2)6-8-4-9(14)7-10(15)5-8/h4-5,7,12,16H,3,6H2,1-2H3. The van der Waals surface area contributed by atoms with Gasteiger partial charge in [-0.2, -0.15) is 0 Å². The van der Waals surface area contributed by atoms with Crippen LogP contribution >= 0.6 is 27.5 Å². The van der Waals surface area contributed by atoms with Gasteiger partial charge < -0.3 is 5.32 Å². The number of nitrogens with zero attached hydrogens (tertiary/aromatic N) is 2. The SMILES string of the molecule is CCc1nnsc1C(Cc1cc(F)cc(Br)c1)NC. The van der Waals surface area contributed by atoms with Gasteiger partial charge in [0.2, 0.25) is 0 Å². The molecule has 1 aromatic heterocycles. The zero-order valence-corrected chi connectivity index (χ0v) is 13.2. The fourth-order valence-corrected chi connectivity index (χ4v) is 3.37. The van der Waals surface area contributed by atoms with E-state index in [2.05, 4.69) is 37.8 Å². The van der Waals surface area contributed by atoms with Crippen molar-refractivity contribution in [2.24, 2.45) is 0 Å². The molecule has 3 nitrogen and oxygen atoms in total. The van der Waals surface area contributed by atoms with Crippen LogP contribution in [-0.2, 0) is 12.8 Å². The summed E-state index contributed by atoms with van der Waals surface area (Å²) >= 11 is 4.72. The van der Waals surface area contributed by atoms with Crippen molar-refractivity contribution in [2.75, 3.05) is 7.05 Å². The van der Waals surface area contributed by atoms with Gasteiger partial charge in [0.05, 0.1) is 10.6 Å². The molecule has 1 N–H and O–H groups in total. The average molecular weight is 344 g/mol. The highest BCUT2D eigenvalue weighted by Crippen LogP contribution is 2.25. The Morgan fingerprint density at radius 1 is 1.42 bits per heavy atom. The number of halogens is 2. The fourth-order valence-electron chi connectivity index (χ4n) is 2.02. The number of aromatic nitrogens is 2. The first kappa shape index (κ1) is 14.6. The summed E-state index contributed by atoms with van der Waals surface area (Å²) in [5, 5.41) is 7.38. The molecule has 1 unspecified atom stereocenters. The maximum absolute atomic E-state index is 13.4. The largest absolute Gasteiger partial charge is 0.312 e. The Kier molecular flexibility index (Phi) is 5.01. The molecule has 0 spiro atoms. The third-order valence-electron chi connectivity index (χ3n) is 2.95. The molecular formula is C13H15BrFN3S. The highest BCUT2D eigenvalue weighted by molar-refractivity contribution is 9.10. The predicted molar refractivity (Wildman–Crippen MR) is 78.9 cm³/mol. The molecule has 0 aliphatic heterocycles. The van der Waals surface area contributed by atoms with E-state index in [0.29, 0.717) is 6.42 Å². The minimum Gasteiger partial charge on any atom is -0.312 e. The van der Waals surface area contributed by atoms with E-state index < -0.39 is 0 Å². The molecule has 1 aromatic carbocycles. The predicted octanol–water partition coefficient (Wildman–Crippen LogP) is 3.51. The van der Waals surface area contributed by atoms with Crippen LogP contribution < -0.4 is 5.32 Å². The minimum absolute atomic E-state index is 0.114. The lowest BCUT2D eigenvalue weighted by atomic mass is 10.0. The highest BCUT2D eigenvalue weighted by Gasteiger charge is 2.17. The van der Waals surface area contributed by atoms with Crippen molar-refractivity contribution in [3.63, 3.8) is 0 Å². The molecule has 19 heavy (non-hydrogen) atoms. The quantitative estimate of drug-likeness (QED) is 0.902. The number of likely N-dealkylation sites (N-methyl/N-ethyl adjacent to an activating group) is 1. The van der Waals surface area contributed by atoms with Gasteiger partial charge in [0.25, 0.3) is 0 Å². The van der Waals surface area contributed by atoms with Crippen molar-refractivity contribution in [1.29, 1.82) is 0 Å². The summed E-state index contributed by atoms with van der Waals surface area (Å²) in [5.41, 5.74) is 1.96. The Bertz CT molecular complexity index is 538. The van der Waals surface area contributed by atoms with Gasteiger partial charge in [-0.25, -0.2) is 4.39 Å². The first-order chi connectivity index (χ1) is 9.13. The van der Waals surface area contributed by atoms with Crippen LogP contribution in [0.5, 0.6) is 0 Å². The van der Waals surface area contributed by atoms with Crippen LogP contribution in [0, 0.1) is 5.82 Å². The Morgan fingerprint density at radius 3 is 2.84 bits per heavy atom. The van der Waals surface area contributed by atoms with E-state index in [4.69, 9.17) is 0 Å². The molecule has 1 heterocycles. The third kappa shape index (κ3) is 3.58. The molecule has 0 aliphatic carbocycles. The minimum atomic E-state index is -0.225. The van der Waals surface area contributed by atoms with Crippen molar-refractivity contribution in [1.82, 2.24) is 14.9 Å². The van der Waals surface area contributed by atoms with Crippen LogP contribution in [0.2, 0.25) is 0 Å². The molecule has 0 amide bonds. The van der Waals surface area contributed by atoms with E-state index >= 15 is 0 Å². The number of hydrogen-bond acceptors (Lipinski definition) is 4. The Morgan fingerprint density at radius 2 is 2.21 bits per heavy atom. The van der Waals surface area contributed by atoms with E-state index in [1.54, 1.807) is 6.07 Å². The van der Waals surface area contributed by atoms with Gasteiger partial charge in [-0.1, -0.05) is 27.3 Å². The number of nitrogens with one attached hydrogen (secondary N) is 1. The van der Waals surface area contributed by atoms with Crippen LogP contribution in [0.4, 0.5) is 4.39 Å². The van der Waals surface area contributed by atoms with Crippen LogP contribution in [-0.4, -0.2) is 16.6 Å². The van der Waals surface area contributed by atoms with Gasteiger partial charge in [0.1, 0.15) is 5.82 Å². The Balaban J connectivity index is 2.24. The maximum atomic E-state index is 13.4. The monoisotopic (exact) mass is 343 g/mol. The number of aryl methyl sites for hydroxylation is 1. The highest BCUT2D eigenvalue weighted by atomic mass is 79.9. The van der Waals surface area contributed by atoms with Crippen molar-refractivity contribution < 1.29 is 4.39 Å². The van der Waals surface area contributed by atoms with E-state index in [1.165, 1.54) is 17.6 Å². The molecule has 102 valence electrons. The lowest BCUT2D eigenvalue weighted by Crippen LogP contribution is -2.19. The zero-order valence-electron chi connectivity index (χ0n) is 10.8. The van der Waals surface area contributed by atoms with Crippen molar-refractivity contribution in [3.05, 3.63) is 44.6 Å². The van der Waals surface area contributed by atoms with Gasteiger partial charge in [0.15, 0.2) is 0 Å². The molecule has 0 bridgehead atoms. The number of hydrogen-bond donors (Lipinski definition) is 1. The van der Waals surface area contributed by atoms with Crippen LogP contribution in [0.25, 0.3) is 0 Å². The molecule has 2 aromatic rings. The van der Waals surface area contributed by atoms with Crippen molar-refractivity contribution in [3.8, 4) is 0 Å². The van der Waals surface area contributed by atoms with E-state index in [0.717, 1.165) is 27.0 Å². The molecule has 0 radical (unpaired) electrons. The molecule has 0 aliphatic rings. The molecular weight excluding hydrogens is 329 g/mol. The summed E-state index contributed by atoms with van der Waals surface area (Å²) in [5.74, 6) is -0.225. The smallest absolute Gasteiger partial charge is 0.124 e. The van der Waals surface area contributed by atoms with Gasteiger partial charge in [-0.3, -0.25) is 0 Å². The molecule has 2 rings (SSSR count). The van der Waals surface area contributed by atoms with Gasteiger partial charge in [0, 0.05) is 10.5 Å². The summed E-state index contributed by atoms with van der Waals surface area (Å²) in [6, 6.07) is 5.08. The van der Waals surface area contributed by atoms with E-state index in [-0.39, 0.29) is 11.9 Å². The average Bonchev–Trinajstić information content (AvgIpc) is 2.82. The maximum Gasteiger partial charge on any atom is 0.124 e. The number of benzene rings is 1. The van der Waals surface area contributed by atoms with Crippen LogP contribution in [0.3, 0.4) is 0 Å². The second kappa shape index (κ2) is 6.54. The lowest BCUT2D eigenvalue weighted by molar-refractivity contribution is 0.586. The Hall–Kier alpha value is -0.850. The summed E-state index contributed by atoms with van der Waals surface area (Å²) in [7, 11) is 1.90. The summed E-state index contributed by atoms with van der Waals surface area (Å²) in [6.45, 7) is 2.06. The van der Waals surface area contributed by atoms with Crippen LogP contribution in [0.15, 0.2) is 22.7 Å². The molecule has 0 saturated heterocycles. The van der Waals surface area contributed by atoms with E-state index in [9.17, 15) is 4.39 Å². The molecule has 6 heteroatoms. The second-order valence-electron chi connectivity index (χ2n) is 4.26. The molecule has 0 saturated carbocycles. The molecule has 1 atom stereocenters. The topological polar surface area (TPSA) is 37.8 Å². The van der Waals surface area contributed by atoms with Crippen molar-refractivity contribution >= 4 is 27.5 Å². The van der Waals surface area contributed by atoms with E-state index in [1.807, 2.05) is 13.1 Å². The summed E-state index contributed by atoms with van der Waals surface area (Å²) < 4.78 is 18.2. The fraction of sp³-hybridized carbons (Fsp3) is 0.385. The molecule has 0 fully saturated rings. The van der Waals surface area contributed by atoms with Gasteiger partial charge in [-0.15, -0.1) is 5.10 Å². The zero-order chi connectivity index (χ0) is 13.8. The summed E-state index contributed by atoms with van der Waals surface area (Å²) in [4.78, 5) is 1.13. The lowest BCUT2D eigenvalue weighted by Gasteiger charge is -2.15. The summed E-state index contributed by atoms with van der Waals surface area (Å²) in [6.07, 6.45) is 1.57.